The minimum atomic E-state index is 0.180. The van der Waals surface area contributed by atoms with Gasteiger partial charge in [0.2, 0.25) is 0 Å². The first-order valence-electron chi connectivity index (χ1n) is 4.99. The fourth-order valence-electron chi connectivity index (χ4n) is 2.00. The Bertz CT molecular complexity index is 89.6. The lowest BCUT2D eigenvalue weighted by molar-refractivity contribution is 0.336. The Morgan fingerprint density at radius 2 is 1.91 bits per heavy atom. The van der Waals surface area contributed by atoms with Crippen molar-refractivity contribution in [3.63, 3.8) is 0 Å². The van der Waals surface area contributed by atoms with Crippen LogP contribution >= 0.6 is 12.9 Å². The van der Waals surface area contributed by atoms with Crippen molar-refractivity contribution in [2.45, 2.75) is 49.5 Å². The first-order valence-corrected chi connectivity index (χ1v) is 9.89. The monoisotopic (exact) mass is 228 g/mol. The third-order valence-electron chi connectivity index (χ3n) is 2.72. The lowest BCUT2D eigenvalue weighted by atomic mass is 9.86. The van der Waals surface area contributed by atoms with Gasteiger partial charge in [0.15, 0.2) is 0 Å². The minimum Gasteiger partial charge on any atom is -0.307 e. The van der Waals surface area contributed by atoms with Gasteiger partial charge in [0.05, 0.1) is 0 Å². The van der Waals surface area contributed by atoms with Gasteiger partial charge in [-0.15, -0.1) is 4.55 Å². The molecular weight excluding hydrogens is 212 g/mol. The summed E-state index contributed by atoms with van der Waals surface area (Å²) in [6, 6.07) is 0. The number of rotatable bonds is 4. The molecule has 2 heteroatoms. The third-order valence-corrected chi connectivity index (χ3v) is 5.17. The third kappa shape index (κ3) is 4.74. The summed E-state index contributed by atoms with van der Waals surface area (Å²) >= 11 is 3.79. The molecule has 0 heterocycles. The lowest BCUT2D eigenvalue weighted by Crippen LogP contribution is -2.05. The smallest absolute Gasteiger partial charge is 0.307 e. The first-order chi connectivity index (χ1) is 5.43. The molecule has 62 valence electrons. The Kier molecular flexibility index (Phi) is 6.32. The number of hydrogen-bond donors (Lipinski definition) is 0. The van der Waals surface area contributed by atoms with Gasteiger partial charge in [-0.3, -0.25) is 0 Å². The molecule has 0 saturated heterocycles. The fraction of sp³-hybridized carbons (Fsp3) is 1.00. The van der Waals surface area contributed by atoms with Crippen molar-refractivity contribution in [2.24, 2.45) is 5.92 Å². The van der Waals surface area contributed by atoms with Gasteiger partial charge in [0.25, 0.3) is 0 Å². The average molecular weight is 229 g/mol. The lowest BCUT2D eigenvalue weighted by Gasteiger charge is -2.20. The first kappa shape index (κ1) is 10.3. The molecular formula is C9H17BrMg. The SMILES string of the molecule is [Br][Mg][CH2]CCC1CCCCC1. The van der Waals surface area contributed by atoms with Crippen LogP contribution in [0, 0.1) is 5.92 Å². The maximum atomic E-state index is 3.61. The standard InChI is InChI=1S/C9H17.BrH.Mg/c1-2-6-9-7-4-3-5-8-9;;/h9H,1-8H2;1H;/q;;+1/p-1. The molecule has 1 fully saturated rings. The summed E-state index contributed by atoms with van der Waals surface area (Å²) < 4.78 is 1.51. The van der Waals surface area contributed by atoms with Gasteiger partial charge >= 0.3 is 18.2 Å². The molecule has 0 atom stereocenters. The summed E-state index contributed by atoms with van der Waals surface area (Å²) in [5, 5.41) is 0. The van der Waals surface area contributed by atoms with Crippen LogP contribution in [0.25, 0.3) is 0 Å². The molecule has 1 rings (SSSR count). The molecule has 0 aromatic carbocycles. The molecule has 1 saturated carbocycles. The van der Waals surface area contributed by atoms with Crippen molar-refractivity contribution in [3.8, 4) is 0 Å². The Morgan fingerprint density at radius 3 is 2.55 bits per heavy atom. The van der Waals surface area contributed by atoms with E-state index in [1.807, 2.05) is 0 Å². The molecule has 0 aliphatic heterocycles. The van der Waals surface area contributed by atoms with Gasteiger partial charge in [0, 0.05) is 0 Å². The molecule has 0 aromatic heterocycles. The van der Waals surface area contributed by atoms with Crippen LogP contribution in [0.15, 0.2) is 0 Å². The van der Waals surface area contributed by atoms with E-state index in [2.05, 4.69) is 12.9 Å². The molecule has 0 radical (unpaired) electrons. The molecule has 0 bridgehead atoms. The van der Waals surface area contributed by atoms with Crippen molar-refractivity contribution < 1.29 is 0 Å². The number of halogens is 1. The highest BCUT2D eigenvalue weighted by molar-refractivity contribution is 9.23. The molecule has 0 aromatic rings. The van der Waals surface area contributed by atoms with Gasteiger partial charge in [0.1, 0.15) is 0 Å². The summed E-state index contributed by atoms with van der Waals surface area (Å²) in [5.41, 5.74) is 0. The Balaban J connectivity index is 1.96. The predicted octanol–water partition coefficient (Wildman–Crippen LogP) is 3.78. The van der Waals surface area contributed by atoms with Crippen LogP contribution < -0.4 is 0 Å². The zero-order chi connectivity index (χ0) is 7.94. The van der Waals surface area contributed by atoms with Crippen LogP contribution in [0.4, 0.5) is 0 Å². The van der Waals surface area contributed by atoms with Gasteiger partial charge in [-0.05, 0) is 5.92 Å². The number of hydrogen-bond acceptors (Lipinski definition) is 0. The van der Waals surface area contributed by atoms with Crippen molar-refractivity contribution in [3.05, 3.63) is 0 Å². The molecule has 1 aliphatic rings. The molecule has 0 unspecified atom stereocenters. The van der Waals surface area contributed by atoms with Gasteiger partial charge in [-0.1, -0.05) is 44.9 Å². The van der Waals surface area contributed by atoms with Crippen molar-refractivity contribution in [2.75, 3.05) is 0 Å². The highest BCUT2D eigenvalue weighted by atomic mass is 79.9. The van der Waals surface area contributed by atoms with Crippen LogP contribution in [0.3, 0.4) is 0 Å². The molecule has 0 spiro atoms. The summed E-state index contributed by atoms with van der Waals surface area (Å²) in [6.07, 6.45) is 10.6. The second kappa shape index (κ2) is 6.73. The van der Waals surface area contributed by atoms with E-state index in [0.29, 0.717) is 0 Å². The van der Waals surface area contributed by atoms with Crippen LogP contribution in [-0.2, 0) is 0 Å². The van der Waals surface area contributed by atoms with E-state index in [-0.39, 0.29) is 18.2 Å². The summed E-state index contributed by atoms with van der Waals surface area (Å²) in [5.74, 6) is 1.11. The van der Waals surface area contributed by atoms with Crippen molar-refractivity contribution in [1.82, 2.24) is 0 Å². The molecule has 0 N–H and O–H groups in total. The fourth-order valence-corrected chi connectivity index (χ4v) is 3.67. The highest BCUT2D eigenvalue weighted by Crippen LogP contribution is 2.27. The normalized spacial score (nSPS) is 19.7. The van der Waals surface area contributed by atoms with Gasteiger partial charge in [-0.2, -0.15) is 0 Å². The Morgan fingerprint density at radius 1 is 1.18 bits per heavy atom. The Labute approximate surface area is 86.1 Å². The van der Waals surface area contributed by atoms with Crippen LogP contribution in [0.2, 0.25) is 4.55 Å². The van der Waals surface area contributed by atoms with E-state index >= 15 is 0 Å². The van der Waals surface area contributed by atoms with E-state index < -0.39 is 0 Å². The molecule has 0 nitrogen and oxygen atoms in total. The Hall–Kier alpha value is 1.25. The van der Waals surface area contributed by atoms with Crippen LogP contribution in [0.5, 0.6) is 0 Å². The van der Waals surface area contributed by atoms with Crippen LogP contribution in [-0.4, -0.2) is 18.2 Å². The molecule has 11 heavy (non-hydrogen) atoms. The van der Waals surface area contributed by atoms with Gasteiger partial charge in [-0.25, -0.2) is 0 Å². The van der Waals surface area contributed by atoms with E-state index in [1.165, 1.54) is 49.5 Å². The van der Waals surface area contributed by atoms with Gasteiger partial charge < -0.3 is 12.9 Å². The summed E-state index contributed by atoms with van der Waals surface area (Å²) in [4.78, 5) is 0. The van der Waals surface area contributed by atoms with E-state index in [0.717, 1.165) is 5.92 Å². The average Bonchev–Trinajstić information content (AvgIpc) is 2.07. The second-order valence-corrected chi connectivity index (χ2v) is 7.15. The summed E-state index contributed by atoms with van der Waals surface area (Å²) in [6.45, 7) is 0. The molecule has 1 aliphatic carbocycles. The molecule has 0 amide bonds. The largest absolute Gasteiger partial charge is 0.468 e. The quantitative estimate of drug-likeness (QED) is 0.508. The topological polar surface area (TPSA) is 0 Å². The van der Waals surface area contributed by atoms with Crippen molar-refractivity contribution >= 4 is 31.1 Å². The highest BCUT2D eigenvalue weighted by Gasteiger charge is 2.12. The maximum Gasteiger partial charge on any atom is 0.468 e. The van der Waals surface area contributed by atoms with Crippen LogP contribution in [0.1, 0.15) is 44.9 Å². The summed E-state index contributed by atoms with van der Waals surface area (Å²) in [7, 11) is 0. The van der Waals surface area contributed by atoms with E-state index in [9.17, 15) is 0 Å². The zero-order valence-electron chi connectivity index (χ0n) is 7.32. The maximum absolute atomic E-state index is 3.61. The van der Waals surface area contributed by atoms with E-state index in [4.69, 9.17) is 0 Å². The van der Waals surface area contributed by atoms with E-state index in [1.54, 1.807) is 0 Å². The predicted molar refractivity (Wildman–Crippen MR) is 55.3 cm³/mol. The second-order valence-electron chi connectivity index (χ2n) is 3.69. The minimum absolute atomic E-state index is 0.180. The zero-order valence-corrected chi connectivity index (χ0v) is 10.3. The van der Waals surface area contributed by atoms with Crippen molar-refractivity contribution in [1.29, 1.82) is 0 Å².